The maximum absolute atomic E-state index is 6.16. The van der Waals surface area contributed by atoms with E-state index in [4.69, 9.17) is 9.47 Å². The fourth-order valence-corrected chi connectivity index (χ4v) is 2.72. The third kappa shape index (κ3) is 4.45. The van der Waals surface area contributed by atoms with E-state index < -0.39 is 0 Å². The van der Waals surface area contributed by atoms with Crippen molar-refractivity contribution in [2.75, 3.05) is 0 Å². The quantitative estimate of drug-likeness (QED) is 0.498. The summed E-state index contributed by atoms with van der Waals surface area (Å²) in [5.74, 6) is 3.35. The lowest BCUT2D eigenvalue weighted by atomic mass is 9.86. The summed E-state index contributed by atoms with van der Waals surface area (Å²) in [4.78, 5) is 0. The summed E-state index contributed by atoms with van der Waals surface area (Å²) in [6, 6.07) is 22.2. The van der Waals surface area contributed by atoms with Gasteiger partial charge >= 0.3 is 0 Å². The van der Waals surface area contributed by atoms with Crippen molar-refractivity contribution in [3.8, 4) is 23.0 Å². The van der Waals surface area contributed by atoms with E-state index in [1.807, 2.05) is 36.4 Å². The number of aryl methyl sites for hydroxylation is 2. The van der Waals surface area contributed by atoms with E-state index in [-0.39, 0.29) is 5.41 Å². The first-order valence-electron chi connectivity index (χ1n) is 8.95. The molecule has 3 aromatic rings. The molecule has 0 aromatic heterocycles. The zero-order chi connectivity index (χ0) is 18.7. The van der Waals surface area contributed by atoms with Gasteiger partial charge in [0.1, 0.15) is 23.0 Å². The van der Waals surface area contributed by atoms with Crippen molar-refractivity contribution in [1.29, 1.82) is 0 Å². The van der Waals surface area contributed by atoms with Gasteiger partial charge in [-0.1, -0.05) is 56.2 Å². The van der Waals surface area contributed by atoms with Crippen LogP contribution < -0.4 is 9.47 Å². The van der Waals surface area contributed by atoms with Crippen molar-refractivity contribution < 1.29 is 9.47 Å². The minimum atomic E-state index is -0.0628. The van der Waals surface area contributed by atoms with Gasteiger partial charge in [0.15, 0.2) is 0 Å². The van der Waals surface area contributed by atoms with Crippen LogP contribution in [0, 0.1) is 13.8 Å². The average Bonchev–Trinajstić information content (AvgIpc) is 2.59. The molecule has 134 valence electrons. The van der Waals surface area contributed by atoms with Gasteiger partial charge in [-0.05, 0) is 61.7 Å². The maximum Gasteiger partial charge on any atom is 0.131 e. The van der Waals surface area contributed by atoms with Crippen molar-refractivity contribution in [3.63, 3.8) is 0 Å². The van der Waals surface area contributed by atoms with E-state index in [2.05, 4.69) is 65.0 Å². The fraction of sp³-hybridized carbons (Fsp3) is 0.250. The molecule has 0 saturated heterocycles. The number of hydrogen-bond donors (Lipinski definition) is 0. The molecule has 0 aliphatic carbocycles. The molecule has 2 heteroatoms. The number of rotatable bonds is 4. The molecule has 2 nitrogen and oxygen atoms in total. The SMILES string of the molecule is Cc1ccc(Oc2ccc(Oc3ccc(C)cc3)c(C(C)(C)C)c2)cc1. The molecule has 0 radical (unpaired) electrons. The lowest BCUT2D eigenvalue weighted by molar-refractivity contribution is 0.445. The Labute approximate surface area is 156 Å². The van der Waals surface area contributed by atoms with Crippen molar-refractivity contribution in [2.24, 2.45) is 0 Å². The Balaban J connectivity index is 1.90. The molecule has 0 N–H and O–H groups in total. The minimum Gasteiger partial charge on any atom is -0.457 e. The van der Waals surface area contributed by atoms with Crippen LogP contribution >= 0.6 is 0 Å². The zero-order valence-electron chi connectivity index (χ0n) is 16.2. The Hall–Kier alpha value is -2.74. The minimum absolute atomic E-state index is 0.0628. The van der Waals surface area contributed by atoms with E-state index >= 15 is 0 Å². The van der Waals surface area contributed by atoms with Crippen LogP contribution in [0.1, 0.15) is 37.5 Å². The number of ether oxygens (including phenoxy) is 2. The first-order valence-corrected chi connectivity index (χ1v) is 8.95. The molecule has 0 bridgehead atoms. The molecule has 0 fully saturated rings. The van der Waals surface area contributed by atoms with E-state index in [1.54, 1.807) is 0 Å². The largest absolute Gasteiger partial charge is 0.457 e. The van der Waals surface area contributed by atoms with Crippen LogP contribution in [0.15, 0.2) is 66.7 Å². The predicted molar refractivity (Wildman–Crippen MR) is 108 cm³/mol. The third-order valence-electron chi connectivity index (χ3n) is 4.26. The van der Waals surface area contributed by atoms with Crippen LogP contribution in [-0.4, -0.2) is 0 Å². The Morgan fingerprint density at radius 2 is 1.04 bits per heavy atom. The molecule has 3 rings (SSSR count). The van der Waals surface area contributed by atoms with Crippen LogP contribution in [-0.2, 0) is 5.41 Å². The third-order valence-corrected chi connectivity index (χ3v) is 4.26. The van der Waals surface area contributed by atoms with E-state index in [9.17, 15) is 0 Å². The van der Waals surface area contributed by atoms with Gasteiger partial charge in [0.25, 0.3) is 0 Å². The number of benzene rings is 3. The molecule has 0 amide bonds. The zero-order valence-corrected chi connectivity index (χ0v) is 16.2. The molecule has 0 unspecified atom stereocenters. The second-order valence-corrected chi connectivity index (χ2v) is 7.74. The molecular weight excluding hydrogens is 320 g/mol. The lowest BCUT2D eigenvalue weighted by Gasteiger charge is -2.23. The van der Waals surface area contributed by atoms with Crippen molar-refractivity contribution in [3.05, 3.63) is 83.4 Å². The van der Waals surface area contributed by atoms with Gasteiger partial charge in [-0.2, -0.15) is 0 Å². The van der Waals surface area contributed by atoms with Gasteiger partial charge in [0.2, 0.25) is 0 Å². The summed E-state index contributed by atoms with van der Waals surface area (Å²) in [5, 5.41) is 0. The van der Waals surface area contributed by atoms with Gasteiger partial charge in [0.05, 0.1) is 0 Å². The molecule has 0 spiro atoms. The molecule has 0 saturated carbocycles. The molecule has 0 heterocycles. The molecule has 26 heavy (non-hydrogen) atoms. The highest BCUT2D eigenvalue weighted by atomic mass is 16.5. The predicted octanol–water partition coefficient (Wildman–Crippen LogP) is 7.19. The fourth-order valence-electron chi connectivity index (χ4n) is 2.72. The maximum atomic E-state index is 6.16. The van der Waals surface area contributed by atoms with Crippen LogP contribution in [0.4, 0.5) is 0 Å². The van der Waals surface area contributed by atoms with E-state index in [0.717, 1.165) is 28.6 Å². The highest BCUT2D eigenvalue weighted by molar-refractivity contribution is 5.47. The lowest BCUT2D eigenvalue weighted by Crippen LogP contribution is -2.12. The summed E-state index contributed by atoms with van der Waals surface area (Å²) >= 11 is 0. The second kappa shape index (κ2) is 7.25. The van der Waals surface area contributed by atoms with Gasteiger partial charge in [0, 0.05) is 5.56 Å². The van der Waals surface area contributed by atoms with Gasteiger partial charge < -0.3 is 9.47 Å². The number of hydrogen-bond acceptors (Lipinski definition) is 2. The highest BCUT2D eigenvalue weighted by Gasteiger charge is 2.20. The van der Waals surface area contributed by atoms with Crippen LogP contribution in [0.25, 0.3) is 0 Å². The van der Waals surface area contributed by atoms with Crippen LogP contribution in [0.2, 0.25) is 0 Å². The highest BCUT2D eigenvalue weighted by Crippen LogP contribution is 2.37. The normalized spacial score (nSPS) is 11.3. The Morgan fingerprint density at radius 1 is 0.577 bits per heavy atom. The summed E-state index contributed by atoms with van der Waals surface area (Å²) in [6.45, 7) is 10.7. The standard InChI is InChI=1S/C24H26O2/c1-17-6-10-19(11-7-17)25-21-14-15-23(22(16-21)24(3,4)5)26-20-12-8-18(2)9-13-20/h6-16H,1-5H3. The van der Waals surface area contributed by atoms with Gasteiger partial charge in [-0.25, -0.2) is 0 Å². The molecule has 0 aliphatic heterocycles. The Bertz CT molecular complexity index is 870. The monoisotopic (exact) mass is 346 g/mol. The Morgan fingerprint density at radius 3 is 1.54 bits per heavy atom. The van der Waals surface area contributed by atoms with Gasteiger partial charge in [-0.3, -0.25) is 0 Å². The smallest absolute Gasteiger partial charge is 0.131 e. The molecule has 0 aliphatic rings. The first kappa shape index (κ1) is 18.1. The van der Waals surface area contributed by atoms with Crippen molar-refractivity contribution >= 4 is 0 Å². The molecule has 0 atom stereocenters. The summed E-state index contributed by atoms with van der Waals surface area (Å²) in [6.07, 6.45) is 0. The van der Waals surface area contributed by atoms with Crippen LogP contribution in [0.5, 0.6) is 23.0 Å². The average molecular weight is 346 g/mol. The van der Waals surface area contributed by atoms with E-state index in [0.29, 0.717) is 0 Å². The Kier molecular flexibility index (Phi) is 5.03. The summed E-state index contributed by atoms with van der Waals surface area (Å²) in [5.41, 5.74) is 3.49. The molecular formula is C24H26O2. The topological polar surface area (TPSA) is 18.5 Å². The van der Waals surface area contributed by atoms with Gasteiger partial charge in [-0.15, -0.1) is 0 Å². The molecule has 3 aromatic carbocycles. The summed E-state index contributed by atoms with van der Waals surface area (Å²) in [7, 11) is 0. The van der Waals surface area contributed by atoms with Crippen LogP contribution in [0.3, 0.4) is 0 Å². The first-order chi connectivity index (χ1) is 12.3. The van der Waals surface area contributed by atoms with Crippen molar-refractivity contribution in [1.82, 2.24) is 0 Å². The summed E-state index contributed by atoms with van der Waals surface area (Å²) < 4.78 is 12.2. The van der Waals surface area contributed by atoms with Crippen molar-refractivity contribution in [2.45, 2.75) is 40.0 Å². The second-order valence-electron chi connectivity index (χ2n) is 7.74. The van der Waals surface area contributed by atoms with E-state index in [1.165, 1.54) is 11.1 Å².